The molecule has 0 saturated carbocycles. The van der Waals surface area contributed by atoms with E-state index in [1.807, 2.05) is 26.8 Å². The maximum absolute atomic E-state index is 8.30. The fourth-order valence-electron chi connectivity index (χ4n) is 1.58. The maximum Gasteiger partial charge on any atom is 0.0502 e. The normalized spacial score (nSPS) is 8.14. The van der Waals surface area contributed by atoms with E-state index in [4.69, 9.17) is 11.0 Å². The summed E-state index contributed by atoms with van der Waals surface area (Å²) in [5.74, 6) is 2.08. The van der Waals surface area contributed by atoms with Crippen molar-refractivity contribution in [2.45, 2.75) is 34.2 Å². The number of rotatable bonds is 1. The van der Waals surface area contributed by atoms with Crippen LogP contribution in [-0.4, -0.2) is 29.9 Å². The summed E-state index contributed by atoms with van der Waals surface area (Å²) < 4.78 is 0. The van der Waals surface area contributed by atoms with Crippen molar-refractivity contribution in [3.63, 3.8) is 0 Å². The van der Waals surface area contributed by atoms with Crippen LogP contribution in [0.4, 0.5) is 0 Å². The first-order valence-corrected chi connectivity index (χ1v) is 7.65. The van der Waals surface area contributed by atoms with Crippen molar-refractivity contribution in [2.24, 2.45) is 5.73 Å². The molecule has 29 heavy (non-hydrogen) atoms. The molecular weight excluding hydrogens is 595 g/mol. The molecule has 0 amide bonds. The van der Waals surface area contributed by atoms with Crippen molar-refractivity contribution >= 4 is 0 Å². The second-order valence-electron chi connectivity index (χ2n) is 4.97. The first-order valence-electron chi connectivity index (χ1n) is 7.65. The molecule has 11 heteroatoms. The van der Waals surface area contributed by atoms with Gasteiger partial charge in [0.15, 0.2) is 0 Å². The van der Waals surface area contributed by atoms with Gasteiger partial charge in [-0.2, -0.15) is 0 Å². The van der Waals surface area contributed by atoms with Crippen LogP contribution in [0.15, 0.2) is 18.2 Å². The number of hydrogen-bond donors (Lipinski definition) is 1. The summed E-state index contributed by atoms with van der Waals surface area (Å²) in [5.41, 5.74) is 7.48. The molecule has 0 aliphatic carbocycles. The van der Waals surface area contributed by atoms with Gasteiger partial charge in [0.2, 0.25) is 0 Å². The molecule has 3 heterocycles. The van der Waals surface area contributed by atoms with Crippen molar-refractivity contribution in [1.82, 2.24) is 29.9 Å². The Hall–Kier alpha value is 0.00169. The van der Waals surface area contributed by atoms with E-state index < -0.39 is 0 Å². The average Bonchev–Trinajstić information content (AvgIpc) is 2.62. The van der Waals surface area contributed by atoms with Crippen molar-refractivity contribution in [3.05, 3.63) is 71.3 Å². The molecule has 8 nitrogen and oxygen atoms in total. The summed E-state index contributed by atoms with van der Waals surface area (Å²) in [5, 5.41) is 8.30. The Labute approximate surface area is 247 Å². The second-order valence-corrected chi connectivity index (χ2v) is 4.97. The smallest absolute Gasteiger partial charge is 0.0502 e. The summed E-state index contributed by atoms with van der Waals surface area (Å²) in [7, 11) is 0. The molecule has 143 valence electrons. The average molecular weight is 614 g/mol. The summed E-state index contributed by atoms with van der Waals surface area (Å²) in [6.45, 7) is 7.77. The first kappa shape index (κ1) is 33.6. The van der Waals surface area contributed by atoms with Crippen LogP contribution in [0.2, 0.25) is 0 Å². The Kier molecular flexibility index (Phi) is 23.1. The Morgan fingerprint density at radius 1 is 0.793 bits per heavy atom. The molecule has 0 spiro atoms. The molecule has 3 aromatic rings. The van der Waals surface area contributed by atoms with Gasteiger partial charge in [-0.1, -0.05) is 57.7 Å². The number of nitriles is 1. The van der Waals surface area contributed by atoms with Crippen molar-refractivity contribution in [2.75, 3.05) is 0 Å². The standard InChI is InChI=1S/C6H8N3.C6H4N3.C6H7N2.3Y/c2*1-5-8-3-2-6(4-7)9-5;1-5-3-4-7-6(2)8-5;;;/h2H,4,7H2,1H3;2H,1H3;3H,1-2H3;;;/q3*-1;;;. The fraction of sp³-hybridized carbons (Fsp3) is 0.278. The van der Waals surface area contributed by atoms with Gasteiger partial charge in [0.25, 0.3) is 0 Å². The number of hydrogen-bond acceptors (Lipinski definition) is 8. The molecule has 0 unspecified atom stereocenters. The molecule has 0 aliphatic heterocycles. The predicted octanol–water partition coefficient (Wildman–Crippen LogP) is 1.39. The Morgan fingerprint density at radius 2 is 1.28 bits per heavy atom. The largest absolute Gasteiger partial charge is 0.373 e. The predicted molar refractivity (Wildman–Crippen MR) is 94.2 cm³/mol. The van der Waals surface area contributed by atoms with E-state index in [9.17, 15) is 0 Å². The zero-order chi connectivity index (χ0) is 19.4. The Bertz CT molecular complexity index is 854. The summed E-state index contributed by atoms with van der Waals surface area (Å²) in [6.07, 6.45) is 7.95. The molecular formula is C18H19N8Y3-3. The molecule has 3 radical (unpaired) electrons. The molecule has 0 fully saturated rings. The van der Waals surface area contributed by atoms with Gasteiger partial charge < -0.3 is 35.6 Å². The van der Waals surface area contributed by atoms with E-state index in [1.165, 1.54) is 6.07 Å². The first-order chi connectivity index (χ1) is 12.4. The van der Waals surface area contributed by atoms with Crippen molar-refractivity contribution in [3.8, 4) is 6.07 Å². The number of aryl methyl sites for hydroxylation is 4. The minimum Gasteiger partial charge on any atom is -0.373 e. The Morgan fingerprint density at radius 3 is 1.59 bits per heavy atom. The molecule has 0 aliphatic rings. The molecule has 3 rings (SSSR count). The van der Waals surface area contributed by atoms with Gasteiger partial charge >= 0.3 is 0 Å². The number of nitrogens with zero attached hydrogens (tertiary/aromatic N) is 7. The van der Waals surface area contributed by atoms with Gasteiger partial charge in [-0.05, 0) is 6.54 Å². The number of aromatic nitrogens is 6. The van der Waals surface area contributed by atoms with Crippen LogP contribution in [0.5, 0.6) is 0 Å². The van der Waals surface area contributed by atoms with Gasteiger partial charge in [-0.15, -0.1) is 18.2 Å². The maximum atomic E-state index is 8.30. The van der Waals surface area contributed by atoms with Crippen molar-refractivity contribution in [1.29, 1.82) is 5.26 Å². The van der Waals surface area contributed by atoms with Crippen LogP contribution in [0.3, 0.4) is 0 Å². The van der Waals surface area contributed by atoms with Gasteiger partial charge in [0.1, 0.15) is 0 Å². The molecule has 0 aromatic carbocycles. The number of nitrogens with two attached hydrogens (primary N) is 1. The third-order valence-corrected chi connectivity index (χ3v) is 2.63. The molecule has 0 saturated heterocycles. The minimum absolute atomic E-state index is 0. The molecule has 2 N–H and O–H groups in total. The summed E-state index contributed by atoms with van der Waals surface area (Å²) in [4.78, 5) is 23.1. The monoisotopic (exact) mass is 614 g/mol. The van der Waals surface area contributed by atoms with Crippen molar-refractivity contribution < 1.29 is 98.1 Å². The topological polar surface area (TPSA) is 127 Å². The molecule has 0 bridgehead atoms. The van der Waals surface area contributed by atoms with E-state index in [0.717, 1.165) is 23.0 Å². The minimum atomic E-state index is 0. The Balaban J connectivity index is -0.000000333. The molecule has 0 atom stereocenters. The van der Waals surface area contributed by atoms with E-state index in [2.05, 4.69) is 48.5 Å². The molecule has 3 aromatic heterocycles. The summed E-state index contributed by atoms with van der Waals surface area (Å²) >= 11 is 0. The van der Waals surface area contributed by atoms with Crippen LogP contribution in [-0.2, 0) is 105 Å². The van der Waals surface area contributed by atoms with E-state index >= 15 is 0 Å². The second kappa shape index (κ2) is 19.9. The third-order valence-electron chi connectivity index (χ3n) is 2.63. The fourth-order valence-corrected chi connectivity index (χ4v) is 1.58. The van der Waals surface area contributed by atoms with E-state index in [-0.39, 0.29) is 98.1 Å². The van der Waals surface area contributed by atoms with Crippen LogP contribution in [0, 0.1) is 57.6 Å². The van der Waals surface area contributed by atoms with Gasteiger partial charge in [-0.25, -0.2) is 5.26 Å². The van der Waals surface area contributed by atoms with Crippen LogP contribution < -0.4 is 5.73 Å². The van der Waals surface area contributed by atoms with Crippen LogP contribution in [0.1, 0.15) is 34.6 Å². The zero-order valence-corrected chi connectivity index (χ0v) is 25.4. The van der Waals surface area contributed by atoms with Gasteiger partial charge in [0, 0.05) is 121 Å². The van der Waals surface area contributed by atoms with E-state index in [0.29, 0.717) is 18.1 Å². The van der Waals surface area contributed by atoms with E-state index in [1.54, 1.807) is 19.1 Å². The van der Waals surface area contributed by atoms with Gasteiger partial charge in [-0.3, -0.25) is 0 Å². The summed E-state index contributed by atoms with van der Waals surface area (Å²) in [6, 6.07) is 6.78. The van der Waals surface area contributed by atoms with Gasteiger partial charge in [0.05, 0.1) is 6.07 Å². The zero-order valence-electron chi connectivity index (χ0n) is 16.9. The SMILES string of the molecule is Cc1c[c-]nc(C)n1.Cc1n[c-]cc(C#N)n1.Cc1n[c-]cc(CN)n1.[Y].[Y].[Y]. The van der Waals surface area contributed by atoms with Crippen LogP contribution in [0.25, 0.3) is 0 Å². The quantitative estimate of drug-likeness (QED) is 0.408. The van der Waals surface area contributed by atoms with Crippen LogP contribution >= 0.6 is 0 Å². The third kappa shape index (κ3) is 16.4.